The van der Waals surface area contributed by atoms with Crippen molar-refractivity contribution in [3.05, 3.63) is 30.3 Å². The van der Waals surface area contributed by atoms with Crippen LogP contribution < -0.4 is 0 Å². The van der Waals surface area contributed by atoms with E-state index in [9.17, 15) is 0 Å². The Morgan fingerprint density at radius 1 is 1.11 bits per heavy atom. The predicted octanol–water partition coefficient (Wildman–Crippen LogP) is 3.26. The molecule has 1 aliphatic rings. The summed E-state index contributed by atoms with van der Waals surface area (Å²) >= 11 is 1.96. The molecular formula is C16H25NOS. The van der Waals surface area contributed by atoms with Crippen LogP contribution >= 0.6 is 11.8 Å². The number of hydrogen-bond acceptors (Lipinski definition) is 3. The first-order valence-electron chi connectivity index (χ1n) is 7.39. The minimum Gasteiger partial charge on any atom is -0.396 e. The maximum absolute atomic E-state index is 9.11. The Kier molecular flexibility index (Phi) is 6.75. The third kappa shape index (κ3) is 5.55. The molecule has 19 heavy (non-hydrogen) atoms. The van der Waals surface area contributed by atoms with Gasteiger partial charge in [-0.05, 0) is 69.1 Å². The van der Waals surface area contributed by atoms with Crippen LogP contribution in [0.4, 0.5) is 0 Å². The maximum Gasteiger partial charge on any atom is 0.0460 e. The normalized spacial score (nSPS) is 17.7. The Hall–Kier alpha value is -0.510. The first kappa shape index (κ1) is 14.9. The van der Waals surface area contributed by atoms with Gasteiger partial charge in [-0.25, -0.2) is 0 Å². The van der Waals surface area contributed by atoms with Gasteiger partial charge in [0.2, 0.25) is 0 Å². The van der Waals surface area contributed by atoms with Gasteiger partial charge in [0, 0.05) is 11.5 Å². The zero-order chi connectivity index (χ0) is 13.3. The summed E-state index contributed by atoms with van der Waals surface area (Å²) in [5, 5.41) is 9.11. The zero-order valence-electron chi connectivity index (χ0n) is 11.6. The van der Waals surface area contributed by atoms with Crippen LogP contribution in [0, 0.1) is 5.92 Å². The third-order valence-electron chi connectivity index (χ3n) is 3.85. The number of aliphatic hydroxyl groups excluding tert-OH is 1. The van der Waals surface area contributed by atoms with Crippen molar-refractivity contribution in [1.82, 2.24) is 4.90 Å². The minimum atomic E-state index is 0.377. The predicted molar refractivity (Wildman–Crippen MR) is 82.6 cm³/mol. The van der Waals surface area contributed by atoms with E-state index in [0.29, 0.717) is 12.5 Å². The molecule has 1 N–H and O–H groups in total. The van der Waals surface area contributed by atoms with E-state index in [1.807, 2.05) is 11.8 Å². The molecule has 106 valence electrons. The Morgan fingerprint density at radius 2 is 1.84 bits per heavy atom. The molecule has 0 radical (unpaired) electrons. The second kappa shape index (κ2) is 8.62. The lowest BCUT2D eigenvalue weighted by molar-refractivity contribution is 0.131. The number of nitrogens with zero attached hydrogens (tertiary/aromatic N) is 1. The number of unbranched alkanes of at least 4 members (excludes halogenated alkanes) is 1. The van der Waals surface area contributed by atoms with E-state index < -0.39 is 0 Å². The van der Waals surface area contributed by atoms with Crippen molar-refractivity contribution < 1.29 is 5.11 Å². The van der Waals surface area contributed by atoms with E-state index in [0.717, 1.165) is 0 Å². The van der Waals surface area contributed by atoms with Crippen LogP contribution in [-0.2, 0) is 0 Å². The molecule has 0 amide bonds. The quantitative estimate of drug-likeness (QED) is 0.612. The van der Waals surface area contributed by atoms with Gasteiger partial charge in [0.15, 0.2) is 0 Å². The van der Waals surface area contributed by atoms with Crippen LogP contribution in [0.25, 0.3) is 0 Å². The van der Waals surface area contributed by atoms with E-state index in [1.165, 1.54) is 56.0 Å². The molecular weight excluding hydrogens is 254 g/mol. The summed E-state index contributed by atoms with van der Waals surface area (Å²) in [6.07, 6.45) is 4.94. The highest BCUT2D eigenvalue weighted by Crippen LogP contribution is 2.19. The monoisotopic (exact) mass is 279 g/mol. The molecule has 1 heterocycles. The maximum atomic E-state index is 9.11. The summed E-state index contributed by atoms with van der Waals surface area (Å²) in [4.78, 5) is 3.94. The summed E-state index contributed by atoms with van der Waals surface area (Å²) < 4.78 is 0. The number of rotatable bonds is 7. The molecule has 0 unspecified atom stereocenters. The van der Waals surface area contributed by atoms with Crippen molar-refractivity contribution in [3.63, 3.8) is 0 Å². The van der Waals surface area contributed by atoms with Crippen molar-refractivity contribution in [1.29, 1.82) is 0 Å². The van der Waals surface area contributed by atoms with E-state index in [1.54, 1.807) is 0 Å². The fourth-order valence-electron chi connectivity index (χ4n) is 2.54. The molecule has 0 saturated carbocycles. The molecule has 2 nitrogen and oxygen atoms in total. The number of benzene rings is 1. The van der Waals surface area contributed by atoms with Gasteiger partial charge in [0.1, 0.15) is 0 Å². The van der Waals surface area contributed by atoms with E-state index >= 15 is 0 Å². The Labute approximate surface area is 121 Å². The first-order chi connectivity index (χ1) is 9.38. The van der Waals surface area contributed by atoms with Gasteiger partial charge in [-0.1, -0.05) is 18.2 Å². The van der Waals surface area contributed by atoms with Crippen LogP contribution in [0.3, 0.4) is 0 Å². The largest absolute Gasteiger partial charge is 0.396 e. The number of thioether (sulfide) groups is 1. The molecule has 1 aliphatic heterocycles. The van der Waals surface area contributed by atoms with Crippen molar-refractivity contribution in [2.45, 2.75) is 30.6 Å². The molecule has 0 spiro atoms. The molecule has 0 atom stereocenters. The summed E-state index contributed by atoms with van der Waals surface area (Å²) in [6, 6.07) is 10.6. The zero-order valence-corrected chi connectivity index (χ0v) is 12.4. The van der Waals surface area contributed by atoms with Crippen molar-refractivity contribution in [2.24, 2.45) is 5.92 Å². The van der Waals surface area contributed by atoms with Crippen LogP contribution in [0.15, 0.2) is 35.2 Å². The van der Waals surface area contributed by atoms with E-state index in [-0.39, 0.29) is 0 Å². The summed E-state index contributed by atoms with van der Waals surface area (Å²) in [5.74, 6) is 1.78. The molecule has 1 saturated heterocycles. The average Bonchev–Trinajstić information content (AvgIpc) is 2.49. The highest BCUT2D eigenvalue weighted by molar-refractivity contribution is 7.99. The van der Waals surface area contributed by atoms with Gasteiger partial charge >= 0.3 is 0 Å². The lowest BCUT2D eigenvalue weighted by Crippen LogP contribution is -2.35. The highest BCUT2D eigenvalue weighted by atomic mass is 32.2. The Bertz CT molecular complexity index is 336. The molecule has 1 aromatic carbocycles. The molecule has 2 rings (SSSR count). The Morgan fingerprint density at radius 3 is 2.53 bits per heavy atom. The lowest BCUT2D eigenvalue weighted by Gasteiger charge is -2.30. The molecule has 0 bridgehead atoms. The second-order valence-electron chi connectivity index (χ2n) is 5.34. The number of hydrogen-bond donors (Lipinski definition) is 1. The van der Waals surface area contributed by atoms with Gasteiger partial charge in [0.25, 0.3) is 0 Å². The molecule has 1 fully saturated rings. The summed E-state index contributed by atoms with van der Waals surface area (Å²) in [7, 11) is 0. The van der Waals surface area contributed by atoms with Gasteiger partial charge in [-0.15, -0.1) is 11.8 Å². The minimum absolute atomic E-state index is 0.377. The molecule has 3 heteroatoms. The van der Waals surface area contributed by atoms with Gasteiger partial charge < -0.3 is 10.0 Å². The van der Waals surface area contributed by atoms with Gasteiger partial charge in [-0.2, -0.15) is 0 Å². The van der Waals surface area contributed by atoms with Crippen molar-refractivity contribution in [3.8, 4) is 0 Å². The van der Waals surface area contributed by atoms with Crippen molar-refractivity contribution >= 4 is 11.8 Å². The smallest absolute Gasteiger partial charge is 0.0460 e. The number of aliphatic hydroxyl groups is 1. The van der Waals surface area contributed by atoms with Gasteiger partial charge in [0.05, 0.1) is 0 Å². The molecule has 0 aromatic heterocycles. The number of piperidine rings is 1. The molecule has 0 aliphatic carbocycles. The van der Waals surface area contributed by atoms with Gasteiger partial charge in [-0.3, -0.25) is 0 Å². The summed E-state index contributed by atoms with van der Waals surface area (Å²) in [6.45, 7) is 3.96. The standard InChI is InChI=1S/C16H25NOS/c18-14-15-8-11-17(12-9-15)10-4-5-13-19-16-6-2-1-3-7-16/h1-3,6-7,15,18H,4-5,8-14H2. The fraction of sp³-hybridized carbons (Fsp3) is 0.625. The highest BCUT2D eigenvalue weighted by Gasteiger charge is 2.17. The second-order valence-corrected chi connectivity index (χ2v) is 6.50. The average molecular weight is 279 g/mol. The van der Waals surface area contributed by atoms with E-state index in [2.05, 4.69) is 35.2 Å². The third-order valence-corrected chi connectivity index (χ3v) is 4.94. The fourth-order valence-corrected chi connectivity index (χ4v) is 3.47. The number of likely N-dealkylation sites (tertiary alicyclic amines) is 1. The van der Waals surface area contributed by atoms with E-state index in [4.69, 9.17) is 5.11 Å². The van der Waals surface area contributed by atoms with Crippen LogP contribution in [0.2, 0.25) is 0 Å². The summed E-state index contributed by atoms with van der Waals surface area (Å²) in [5.41, 5.74) is 0. The van der Waals surface area contributed by atoms with Crippen molar-refractivity contribution in [2.75, 3.05) is 32.0 Å². The lowest BCUT2D eigenvalue weighted by atomic mass is 9.98. The van der Waals surface area contributed by atoms with Crippen LogP contribution in [0.5, 0.6) is 0 Å². The SMILES string of the molecule is OCC1CCN(CCCCSc2ccccc2)CC1. The molecule has 1 aromatic rings. The Balaban J connectivity index is 1.51. The van der Waals surface area contributed by atoms with Crippen LogP contribution in [-0.4, -0.2) is 42.0 Å². The van der Waals surface area contributed by atoms with Crippen LogP contribution in [0.1, 0.15) is 25.7 Å². The first-order valence-corrected chi connectivity index (χ1v) is 8.38. The topological polar surface area (TPSA) is 23.5 Å².